The van der Waals surface area contributed by atoms with Gasteiger partial charge in [-0.3, -0.25) is 10.1 Å². The van der Waals surface area contributed by atoms with Gasteiger partial charge in [-0.05, 0) is 39.0 Å². The van der Waals surface area contributed by atoms with Gasteiger partial charge in [-0.2, -0.15) is 11.8 Å². The highest BCUT2D eigenvalue weighted by Gasteiger charge is 2.40. The average Bonchev–Trinajstić information content (AvgIpc) is 2.76. The van der Waals surface area contributed by atoms with Crippen LogP contribution in [0.2, 0.25) is 0 Å². The van der Waals surface area contributed by atoms with Crippen molar-refractivity contribution in [2.45, 2.75) is 51.1 Å². The van der Waals surface area contributed by atoms with Crippen molar-refractivity contribution < 1.29 is 4.79 Å². The van der Waals surface area contributed by atoms with Crippen molar-refractivity contribution in [2.75, 3.05) is 12.8 Å². The summed E-state index contributed by atoms with van der Waals surface area (Å²) in [6.45, 7) is 9.29. The Balaban J connectivity index is 2.28. The normalized spacial score (nSPS) is 22.9. The number of aryl methyl sites for hydroxylation is 1. The van der Waals surface area contributed by atoms with E-state index in [0.717, 1.165) is 13.0 Å². The van der Waals surface area contributed by atoms with Gasteiger partial charge in [0, 0.05) is 11.3 Å². The Morgan fingerprint density at radius 2 is 1.90 bits per heavy atom. The first-order valence-corrected chi connectivity index (χ1v) is 8.78. The van der Waals surface area contributed by atoms with E-state index >= 15 is 0 Å². The van der Waals surface area contributed by atoms with Crippen LogP contribution in [0.15, 0.2) is 24.3 Å². The number of rotatable bonds is 5. The standard InChI is InChI=1S/C17H26N2OS/c1-6-14-16(20)19(11-17(3,4)21-5)15(18-14)13-9-7-12(2)8-10-13/h7-10,14-15,18H,6,11H2,1-5H3. The predicted octanol–water partition coefficient (Wildman–Crippen LogP) is 3.35. The van der Waals surface area contributed by atoms with Gasteiger partial charge in [0.1, 0.15) is 6.17 Å². The third-order valence-corrected chi connectivity index (χ3v) is 5.39. The lowest BCUT2D eigenvalue weighted by Gasteiger charge is -2.32. The summed E-state index contributed by atoms with van der Waals surface area (Å²) in [5.41, 5.74) is 2.41. The van der Waals surface area contributed by atoms with Crippen molar-refractivity contribution in [3.05, 3.63) is 35.4 Å². The number of benzene rings is 1. The van der Waals surface area contributed by atoms with E-state index in [1.165, 1.54) is 11.1 Å². The highest BCUT2D eigenvalue weighted by molar-refractivity contribution is 7.99. The third kappa shape index (κ3) is 3.61. The molecular formula is C17H26N2OS. The maximum Gasteiger partial charge on any atom is 0.241 e. The maximum absolute atomic E-state index is 12.6. The summed E-state index contributed by atoms with van der Waals surface area (Å²) >= 11 is 1.80. The first-order valence-electron chi connectivity index (χ1n) is 7.56. The fourth-order valence-electron chi connectivity index (χ4n) is 2.64. The van der Waals surface area contributed by atoms with Gasteiger partial charge >= 0.3 is 0 Å². The fourth-order valence-corrected chi connectivity index (χ4v) is 2.91. The van der Waals surface area contributed by atoms with E-state index in [4.69, 9.17) is 0 Å². The average molecular weight is 306 g/mol. The molecule has 1 aliphatic rings. The van der Waals surface area contributed by atoms with Crippen molar-refractivity contribution in [3.63, 3.8) is 0 Å². The lowest BCUT2D eigenvalue weighted by molar-refractivity contribution is -0.130. The minimum Gasteiger partial charge on any atom is -0.320 e. The minimum absolute atomic E-state index is 0.00512. The first-order chi connectivity index (χ1) is 9.88. The van der Waals surface area contributed by atoms with E-state index in [-0.39, 0.29) is 22.9 Å². The third-order valence-electron chi connectivity index (χ3n) is 4.16. The summed E-state index contributed by atoms with van der Waals surface area (Å²) in [6, 6.07) is 8.40. The number of amides is 1. The quantitative estimate of drug-likeness (QED) is 0.905. The van der Waals surface area contributed by atoms with Crippen LogP contribution in [-0.4, -0.2) is 34.4 Å². The van der Waals surface area contributed by atoms with Crippen molar-refractivity contribution >= 4 is 17.7 Å². The zero-order valence-electron chi connectivity index (χ0n) is 13.6. The fraction of sp³-hybridized carbons (Fsp3) is 0.588. The lowest BCUT2D eigenvalue weighted by atomic mass is 10.1. The molecule has 0 saturated carbocycles. The molecule has 2 unspecified atom stereocenters. The molecule has 1 aromatic rings. The Hall–Kier alpha value is -1.00. The molecule has 2 rings (SSSR count). The first kappa shape index (κ1) is 16.4. The summed E-state index contributed by atoms with van der Waals surface area (Å²) in [4.78, 5) is 14.6. The Kier molecular flexibility index (Phi) is 4.99. The molecule has 0 bridgehead atoms. The van der Waals surface area contributed by atoms with Crippen LogP contribution in [-0.2, 0) is 4.79 Å². The maximum atomic E-state index is 12.6. The molecule has 1 fully saturated rings. The molecule has 1 heterocycles. The summed E-state index contributed by atoms with van der Waals surface area (Å²) in [6.07, 6.45) is 2.93. The highest BCUT2D eigenvalue weighted by atomic mass is 32.2. The van der Waals surface area contributed by atoms with Gasteiger partial charge in [0.15, 0.2) is 0 Å². The second-order valence-electron chi connectivity index (χ2n) is 6.37. The number of thioether (sulfide) groups is 1. The van der Waals surface area contributed by atoms with Crippen LogP contribution in [0.3, 0.4) is 0 Å². The number of nitrogens with zero attached hydrogens (tertiary/aromatic N) is 1. The van der Waals surface area contributed by atoms with Crippen LogP contribution in [0, 0.1) is 6.92 Å². The van der Waals surface area contributed by atoms with Crippen LogP contribution in [0.25, 0.3) is 0 Å². The number of hydrogen-bond acceptors (Lipinski definition) is 3. The number of nitrogens with one attached hydrogen (secondary N) is 1. The number of hydrogen-bond donors (Lipinski definition) is 1. The van der Waals surface area contributed by atoms with E-state index < -0.39 is 0 Å². The molecule has 1 saturated heterocycles. The van der Waals surface area contributed by atoms with Crippen LogP contribution < -0.4 is 5.32 Å². The molecule has 0 aliphatic carbocycles. The molecule has 1 amide bonds. The number of carbonyl (C=O) groups excluding carboxylic acids is 1. The van der Waals surface area contributed by atoms with Gasteiger partial charge in [0.05, 0.1) is 6.04 Å². The van der Waals surface area contributed by atoms with E-state index in [1.54, 1.807) is 11.8 Å². The van der Waals surface area contributed by atoms with E-state index in [1.807, 2.05) is 4.90 Å². The van der Waals surface area contributed by atoms with Gasteiger partial charge < -0.3 is 4.90 Å². The van der Waals surface area contributed by atoms with Gasteiger partial charge in [0.2, 0.25) is 5.91 Å². The summed E-state index contributed by atoms with van der Waals surface area (Å²) in [5.74, 6) is 0.227. The van der Waals surface area contributed by atoms with E-state index in [9.17, 15) is 4.79 Å². The van der Waals surface area contributed by atoms with Gasteiger partial charge in [-0.1, -0.05) is 36.8 Å². The Morgan fingerprint density at radius 1 is 1.29 bits per heavy atom. The predicted molar refractivity (Wildman–Crippen MR) is 90.4 cm³/mol. The molecule has 116 valence electrons. The molecule has 21 heavy (non-hydrogen) atoms. The largest absolute Gasteiger partial charge is 0.320 e. The second kappa shape index (κ2) is 6.41. The molecule has 2 atom stereocenters. The monoisotopic (exact) mass is 306 g/mol. The Morgan fingerprint density at radius 3 is 2.43 bits per heavy atom. The topological polar surface area (TPSA) is 32.3 Å². The Labute approximate surface area is 132 Å². The molecule has 0 aromatic heterocycles. The Bertz CT molecular complexity index is 498. The van der Waals surface area contributed by atoms with E-state index in [2.05, 4.69) is 63.5 Å². The highest BCUT2D eigenvalue weighted by Crippen LogP contribution is 2.31. The van der Waals surface area contributed by atoms with Crippen molar-refractivity contribution in [2.24, 2.45) is 0 Å². The van der Waals surface area contributed by atoms with Gasteiger partial charge in [-0.15, -0.1) is 0 Å². The second-order valence-corrected chi connectivity index (χ2v) is 7.88. The smallest absolute Gasteiger partial charge is 0.241 e. The van der Waals surface area contributed by atoms with Crippen LogP contribution >= 0.6 is 11.8 Å². The summed E-state index contributed by atoms with van der Waals surface area (Å²) in [5, 5.41) is 3.49. The molecule has 1 aromatic carbocycles. The van der Waals surface area contributed by atoms with Gasteiger partial charge in [0.25, 0.3) is 0 Å². The van der Waals surface area contributed by atoms with Crippen molar-refractivity contribution in [1.29, 1.82) is 0 Å². The van der Waals surface area contributed by atoms with Crippen LogP contribution in [0.5, 0.6) is 0 Å². The van der Waals surface area contributed by atoms with E-state index in [0.29, 0.717) is 0 Å². The molecule has 1 N–H and O–H groups in total. The number of carbonyl (C=O) groups is 1. The lowest BCUT2D eigenvalue weighted by Crippen LogP contribution is -2.40. The zero-order valence-corrected chi connectivity index (χ0v) is 14.5. The van der Waals surface area contributed by atoms with Crippen molar-refractivity contribution in [3.8, 4) is 0 Å². The molecule has 0 radical (unpaired) electrons. The molecule has 4 heteroatoms. The van der Waals surface area contributed by atoms with Gasteiger partial charge in [-0.25, -0.2) is 0 Å². The van der Waals surface area contributed by atoms with Crippen molar-refractivity contribution in [1.82, 2.24) is 10.2 Å². The SMILES string of the molecule is CCC1NC(c2ccc(C)cc2)N(CC(C)(C)SC)C1=O. The van der Waals surface area contributed by atoms with Crippen LogP contribution in [0.1, 0.15) is 44.5 Å². The molecule has 0 spiro atoms. The van der Waals surface area contributed by atoms with Crippen LogP contribution in [0.4, 0.5) is 0 Å². The molecular weight excluding hydrogens is 280 g/mol. The molecule has 3 nitrogen and oxygen atoms in total. The summed E-state index contributed by atoms with van der Waals surface area (Å²) < 4.78 is 0.0585. The molecule has 1 aliphatic heterocycles. The zero-order chi connectivity index (χ0) is 15.6. The minimum atomic E-state index is -0.0611. The summed E-state index contributed by atoms with van der Waals surface area (Å²) in [7, 11) is 0.